The molecule has 0 saturated carbocycles. The van der Waals surface area contributed by atoms with Crippen molar-refractivity contribution in [2.45, 2.75) is 38.7 Å². The minimum absolute atomic E-state index is 0.0754. The number of hydrogen-bond acceptors (Lipinski definition) is 3. The van der Waals surface area contributed by atoms with Gasteiger partial charge in [0.15, 0.2) is 6.10 Å². The van der Waals surface area contributed by atoms with Gasteiger partial charge in [0.05, 0.1) is 0 Å². The number of carbonyl (C=O) groups is 1. The number of halogens is 1. The normalized spacial score (nSPS) is 17.0. The molecular formula is C17H25ClN2O2. The maximum absolute atomic E-state index is 12.0. The monoisotopic (exact) mass is 324 g/mol. The quantitative estimate of drug-likeness (QED) is 0.784. The Bertz CT molecular complexity index is 458. The fraction of sp³-hybridized carbons (Fsp3) is 0.588. The predicted octanol–water partition coefficient (Wildman–Crippen LogP) is 3.10. The highest BCUT2D eigenvalue weighted by molar-refractivity contribution is 6.30. The van der Waals surface area contributed by atoms with E-state index in [0.717, 1.165) is 13.0 Å². The smallest absolute Gasteiger partial charge is 0.260 e. The first kappa shape index (κ1) is 17.1. The lowest BCUT2D eigenvalue weighted by molar-refractivity contribution is -0.127. The van der Waals surface area contributed by atoms with Crippen LogP contribution in [0.5, 0.6) is 5.75 Å². The molecule has 2 rings (SSSR count). The molecule has 5 heteroatoms. The average molecular weight is 325 g/mol. The summed E-state index contributed by atoms with van der Waals surface area (Å²) in [6, 6.07) is 7.03. The van der Waals surface area contributed by atoms with Crippen LogP contribution < -0.4 is 10.1 Å². The molecule has 22 heavy (non-hydrogen) atoms. The van der Waals surface area contributed by atoms with Gasteiger partial charge in [-0.25, -0.2) is 0 Å². The number of amides is 1. The van der Waals surface area contributed by atoms with E-state index in [-0.39, 0.29) is 5.91 Å². The number of hydrogen-bond donors (Lipinski definition) is 1. The third kappa shape index (κ3) is 5.85. The van der Waals surface area contributed by atoms with Crippen LogP contribution in [0.3, 0.4) is 0 Å². The molecule has 1 aromatic carbocycles. The van der Waals surface area contributed by atoms with Gasteiger partial charge >= 0.3 is 0 Å². The van der Waals surface area contributed by atoms with Crippen molar-refractivity contribution in [2.24, 2.45) is 0 Å². The van der Waals surface area contributed by atoms with Crippen molar-refractivity contribution < 1.29 is 9.53 Å². The third-order valence-electron chi connectivity index (χ3n) is 3.89. The average Bonchev–Trinajstić information content (AvgIpc) is 2.54. The molecule has 4 nitrogen and oxygen atoms in total. The van der Waals surface area contributed by atoms with Crippen molar-refractivity contribution in [3.8, 4) is 5.75 Å². The van der Waals surface area contributed by atoms with Crippen molar-refractivity contribution in [3.63, 3.8) is 0 Å². The number of piperidine rings is 1. The number of nitrogens with zero attached hydrogens (tertiary/aromatic N) is 1. The van der Waals surface area contributed by atoms with Crippen molar-refractivity contribution >= 4 is 17.5 Å². The van der Waals surface area contributed by atoms with Gasteiger partial charge in [-0.2, -0.15) is 0 Å². The van der Waals surface area contributed by atoms with E-state index in [1.54, 1.807) is 31.2 Å². The first-order valence-electron chi connectivity index (χ1n) is 8.07. The Morgan fingerprint density at radius 1 is 1.27 bits per heavy atom. The zero-order valence-corrected chi connectivity index (χ0v) is 13.9. The fourth-order valence-corrected chi connectivity index (χ4v) is 2.74. The summed E-state index contributed by atoms with van der Waals surface area (Å²) in [5.41, 5.74) is 0. The number of likely N-dealkylation sites (tertiary alicyclic amines) is 1. The number of ether oxygens (including phenoxy) is 1. The standard InChI is InChI=1S/C17H25ClN2O2/c1-14(22-16-8-6-15(18)7-9-16)17(21)19-10-5-13-20-11-3-2-4-12-20/h6-9,14H,2-5,10-13H2,1H3,(H,19,21)/t14-/m1/s1. The highest BCUT2D eigenvalue weighted by atomic mass is 35.5. The molecule has 1 saturated heterocycles. The van der Waals surface area contributed by atoms with Gasteiger partial charge in [0.2, 0.25) is 0 Å². The Balaban J connectivity index is 1.62. The Hall–Kier alpha value is -1.26. The van der Waals surface area contributed by atoms with Crippen molar-refractivity contribution in [1.82, 2.24) is 10.2 Å². The second-order valence-electron chi connectivity index (χ2n) is 5.76. The highest BCUT2D eigenvalue weighted by Gasteiger charge is 2.14. The molecule has 122 valence electrons. The maximum atomic E-state index is 12.0. The number of carbonyl (C=O) groups excluding carboxylic acids is 1. The molecule has 1 atom stereocenters. The molecule has 1 aliphatic heterocycles. The Morgan fingerprint density at radius 2 is 1.95 bits per heavy atom. The van der Waals surface area contributed by atoms with Gasteiger partial charge in [0.1, 0.15) is 5.75 Å². The van der Waals surface area contributed by atoms with Gasteiger partial charge in [-0.1, -0.05) is 18.0 Å². The summed E-state index contributed by atoms with van der Waals surface area (Å²) < 4.78 is 5.60. The molecule has 1 heterocycles. The topological polar surface area (TPSA) is 41.6 Å². The van der Waals surface area contributed by atoms with Gasteiger partial charge in [-0.15, -0.1) is 0 Å². The molecule has 1 aromatic rings. The predicted molar refractivity (Wildman–Crippen MR) is 89.5 cm³/mol. The summed E-state index contributed by atoms with van der Waals surface area (Å²) in [7, 11) is 0. The van der Waals surface area contributed by atoms with E-state index in [4.69, 9.17) is 16.3 Å². The Morgan fingerprint density at radius 3 is 2.64 bits per heavy atom. The Kier molecular flexibility index (Phi) is 7.00. The van der Waals surface area contributed by atoms with Crippen molar-refractivity contribution in [1.29, 1.82) is 0 Å². The molecule has 1 fully saturated rings. The minimum atomic E-state index is -0.504. The highest BCUT2D eigenvalue weighted by Crippen LogP contribution is 2.16. The molecule has 0 radical (unpaired) electrons. The molecule has 1 aliphatic rings. The molecule has 0 bridgehead atoms. The number of benzene rings is 1. The molecule has 0 aliphatic carbocycles. The van der Waals surface area contributed by atoms with E-state index in [1.807, 2.05) is 0 Å². The lowest BCUT2D eigenvalue weighted by Gasteiger charge is -2.26. The van der Waals surface area contributed by atoms with E-state index in [2.05, 4.69) is 10.2 Å². The molecule has 0 unspecified atom stereocenters. The van der Waals surface area contributed by atoms with Crippen LogP contribution in [0.25, 0.3) is 0 Å². The lowest BCUT2D eigenvalue weighted by Crippen LogP contribution is -2.38. The van der Waals surface area contributed by atoms with Crippen LogP contribution in [0.1, 0.15) is 32.6 Å². The van der Waals surface area contributed by atoms with E-state index in [9.17, 15) is 4.79 Å². The number of rotatable bonds is 7. The third-order valence-corrected chi connectivity index (χ3v) is 4.15. The molecular weight excluding hydrogens is 300 g/mol. The molecule has 0 aromatic heterocycles. The minimum Gasteiger partial charge on any atom is -0.481 e. The van der Waals surface area contributed by atoms with E-state index in [0.29, 0.717) is 17.3 Å². The van der Waals surface area contributed by atoms with Crippen LogP contribution in [-0.2, 0) is 4.79 Å². The summed E-state index contributed by atoms with van der Waals surface area (Å²) in [4.78, 5) is 14.5. The maximum Gasteiger partial charge on any atom is 0.260 e. The van der Waals surface area contributed by atoms with Crippen molar-refractivity contribution in [3.05, 3.63) is 29.3 Å². The summed E-state index contributed by atoms with van der Waals surface area (Å²) in [6.07, 6.45) is 4.44. The van der Waals surface area contributed by atoms with E-state index < -0.39 is 6.10 Å². The SMILES string of the molecule is C[C@@H](Oc1ccc(Cl)cc1)C(=O)NCCCN1CCCCC1. The first-order valence-corrected chi connectivity index (χ1v) is 8.45. The van der Waals surface area contributed by atoms with Crippen LogP contribution in [0, 0.1) is 0 Å². The second-order valence-corrected chi connectivity index (χ2v) is 6.20. The lowest BCUT2D eigenvalue weighted by atomic mass is 10.1. The summed E-state index contributed by atoms with van der Waals surface area (Å²) in [5.74, 6) is 0.578. The van der Waals surface area contributed by atoms with Crippen molar-refractivity contribution in [2.75, 3.05) is 26.2 Å². The second kappa shape index (κ2) is 9.01. The summed E-state index contributed by atoms with van der Waals surface area (Å²) in [6.45, 7) is 5.92. The summed E-state index contributed by atoms with van der Waals surface area (Å²) >= 11 is 5.82. The van der Waals surface area contributed by atoms with Crippen LogP contribution in [0.15, 0.2) is 24.3 Å². The first-order chi connectivity index (χ1) is 10.6. The number of nitrogens with one attached hydrogen (secondary N) is 1. The molecule has 1 amide bonds. The zero-order valence-electron chi connectivity index (χ0n) is 13.2. The Labute approximate surface area is 137 Å². The van der Waals surface area contributed by atoms with E-state index >= 15 is 0 Å². The van der Waals surface area contributed by atoms with Gasteiger partial charge in [-0.05, 0) is 70.1 Å². The van der Waals surface area contributed by atoms with E-state index in [1.165, 1.54) is 32.4 Å². The summed E-state index contributed by atoms with van der Waals surface area (Å²) in [5, 5.41) is 3.59. The van der Waals surface area contributed by atoms with Gasteiger partial charge in [0, 0.05) is 11.6 Å². The fourth-order valence-electron chi connectivity index (χ4n) is 2.61. The largest absolute Gasteiger partial charge is 0.481 e. The van der Waals surface area contributed by atoms with Gasteiger partial charge in [0.25, 0.3) is 5.91 Å². The van der Waals surface area contributed by atoms with Crippen LogP contribution in [-0.4, -0.2) is 43.1 Å². The zero-order chi connectivity index (χ0) is 15.8. The van der Waals surface area contributed by atoms with Crippen LogP contribution >= 0.6 is 11.6 Å². The van der Waals surface area contributed by atoms with Crippen LogP contribution in [0.2, 0.25) is 5.02 Å². The van der Waals surface area contributed by atoms with Gasteiger partial charge in [-0.3, -0.25) is 4.79 Å². The van der Waals surface area contributed by atoms with Gasteiger partial charge < -0.3 is 15.0 Å². The molecule has 1 N–H and O–H groups in total. The van der Waals surface area contributed by atoms with Crippen LogP contribution in [0.4, 0.5) is 0 Å². The molecule has 0 spiro atoms.